The van der Waals surface area contributed by atoms with Gasteiger partial charge in [-0.05, 0) is 42.5 Å². The van der Waals surface area contributed by atoms with Gasteiger partial charge in [-0.25, -0.2) is 18.2 Å². The molecule has 0 bridgehead atoms. The molecule has 0 spiro atoms. The van der Waals surface area contributed by atoms with Crippen LogP contribution in [0, 0.1) is 0 Å². The van der Waals surface area contributed by atoms with Gasteiger partial charge in [0.05, 0.1) is 32.4 Å². The van der Waals surface area contributed by atoms with E-state index in [0.29, 0.717) is 0 Å². The largest absolute Gasteiger partial charge is 0.326 e. The molecule has 31 heavy (non-hydrogen) atoms. The van der Waals surface area contributed by atoms with Gasteiger partial charge in [-0.2, -0.15) is 0 Å². The van der Waals surface area contributed by atoms with Crippen LogP contribution in [-0.4, -0.2) is 25.3 Å². The van der Waals surface area contributed by atoms with Crippen LogP contribution in [0.25, 0.3) is 0 Å². The first-order valence-electron chi connectivity index (χ1n) is 8.31. The number of rotatable bonds is 4. The minimum absolute atomic E-state index is 0.0549. The lowest BCUT2D eigenvalue weighted by Crippen LogP contribution is -2.34. The predicted molar refractivity (Wildman–Crippen MR) is 119 cm³/mol. The van der Waals surface area contributed by atoms with Gasteiger partial charge in [0.2, 0.25) is 9.84 Å². The van der Waals surface area contributed by atoms with Crippen LogP contribution in [0.3, 0.4) is 0 Å². The predicted octanol–water partition coefficient (Wildman–Crippen LogP) is 5.49. The van der Waals surface area contributed by atoms with Crippen molar-refractivity contribution in [2.45, 2.75) is 9.92 Å². The average Bonchev–Trinajstić information content (AvgIpc) is 2.67. The summed E-state index contributed by atoms with van der Waals surface area (Å²) in [7, 11) is -3.99. The third-order valence-electron chi connectivity index (χ3n) is 3.83. The van der Waals surface area contributed by atoms with E-state index in [9.17, 15) is 18.0 Å². The van der Waals surface area contributed by atoms with Gasteiger partial charge in [-0.15, -0.1) is 0 Å². The lowest BCUT2D eigenvalue weighted by molar-refractivity contribution is 0.0967. The van der Waals surface area contributed by atoms with Gasteiger partial charge in [0.25, 0.3) is 5.91 Å². The molecule has 0 aliphatic carbocycles. The molecule has 7 nitrogen and oxygen atoms in total. The van der Waals surface area contributed by atoms with Crippen LogP contribution in [0.5, 0.6) is 0 Å². The highest BCUT2D eigenvalue weighted by Crippen LogP contribution is 2.27. The first-order valence-corrected chi connectivity index (χ1v) is 11.3. The zero-order valence-corrected chi connectivity index (χ0v) is 19.0. The second-order valence-electron chi connectivity index (χ2n) is 6.00. The summed E-state index contributed by atoms with van der Waals surface area (Å²) in [5, 5.41) is 4.63. The van der Waals surface area contributed by atoms with Crippen molar-refractivity contribution in [3.63, 3.8) is 0 Å². The smallest absolute Gasteiger partial charge is 0.306 e. The highest BCUT2D eigenvalue weighted by atomic mass is 35.5. The van der Waals surface area contributed by atoms with E-state index < -0.39 is 21.8 Å². The molecule has 0 atom stereocenters. The number of sulfone groups is 1. The molecule has 12 heteroatoms. The van der Waals surface area contributed by atoms with E-state index in [1.165, 1.54) is 42.5 Å². The van der Waals surface area contributed by atoms with Crippen LogP contribution in [0.15, 0.2) is 64.6 Å². The van der Waals surface area contributed by atoms with E-state index in [0.717, 1.165) is 6.20 Å². The minimum atomic E-state index is -3.99. The Balaban J connectivity index is 1.73. The Hall–Kier alpha value is -2.36. The molecular weight excluding hydrogens is 508 g/mol. The van der Waals surface area contributed by atoms with Gasteiger partial charge in [0.15, 0.2) is 5.03 Å². The molecule has 3 amide bonds. The molecule has 2 aromatic carbocycles. The van der Waals surface area contributed by atoms with Gasteiger partial charge < -0.3 is 5.32 Å². The maximum atomic E-state index is 12.7. The van der Waals surface area contributed by atoms with Gasteiger partial charge in [0.1, 0.15) is 0 Å². The van der Waals surface area contributed by atoms with Gasteiger partial charge in [-0.1, -0.05) is 52.5 Å². The van der Waals surface area contributed by atoms with Crippen LogP contribution in [0.2, 0.25) is 20.1 Å². The van der Waals surface area contributed by atoms with Crippen molar-refractivity contribution in [3.05, 3.63) is 80.4 Å². The fourth-order valence-electron chi connectivity index (χ4n) is 2.46. The van der Waals surface area contributed by atoms with Crippen molar-refractivity contribution in [2.75, 3.05) is 5.32 Å². The number of hydrogen-bond acceptors (Lipinski definition) is 5. The standard InChI is InChI=1S/C19H11Cl4N3O4S/c20-10-6-11(21)8-13(7-10)31(29,30)16-5-4-12(9-24-16)25-19(28)26-18(27)17-14(22)2-1-3-15(17)23/h1-9H,(H2,25,26,27,28). The molecule has 0 saturated heterocycles. The Morgan fingerprint density at radius 3 is 2.03 bits per heavy atom. The first-order chi connectivity index (χ1) is 14.6. The summed E-state index contributed by atoms with van der Waals surface area (Å²) >= 11 is 23.6. The Morgan fingerprint density at radius 2 is 1.48 bits per heavy atom. The van der Waals surface area contributed by atoms with E-state index >= 15 is 0 Å². The zero-order chi connectivity index (χ0) is 22.8. The van der Waals surface area contributed by atoms with Gasteiger partial charge in [-0.3, -0.25) is 10.1 Å². The number of imide groups is 1. The maximum Gasteiger partial charge on any atom is 0.326 e. The summed E-state index contributed by atoms with van der Waals surface area (Å²) in [5.74, 6) is -0.807. The number of urea groups is 1. The number of carbonyl (C=O) groups excluding carboxylic acids is 2. The number of benzene rings is 2. The lowest BCUT2D eigenvalue weighted by atomic mass is 10.2. The van der Waals surface area contributed by atoms with Crippen LogP contribution < -0.4 is 10.6 Å². The second kappa shape index (κ2) is 9.42. The number of nitrogens with one attached hydrogen (secondary N) is 2. The van der Waals surface area contributed by atoms with Crippen molar-refractivity contribution in [2.24, 2.45) is 0 Å². The first kappa shape index (κ1) is 23.3. The fourth-order valence-corrected chi connectivity index (χ4v) is 4.93. The van der Waals surface area contributed by atoms with E-state index in [1.54, 1.807) is 6.07 Å². The van der Waals surface area contributed by atoms with Gasteiger partial charge in [0, 0.05) is 10.0 Å². The van der Waals surface area contributed by atoms with E-state index in [1.807, 2.05) is 0 Å². The molecule has 0 fully saturated rings. The van der Waals surface area contributed by atoms with Crippen LogP contribution >= 0.6 is 46.4 Å². The van der Waals surface area contributed by atoms with Crippen molar-refractivity contribution >= 4 is 73.9 Å². The third kappa shape index (κ3) is 5.47. The van der Waals surface area contributed by atoms with E-state index in [2.05, 4.69) is 15.6 Å². The molecule has 3 aromatic rings. The Kier molecular flexibility index (Phi) is 7.08. The summed E-state index contributed by atoms with van der Waals surface area (Å²) in [5.41, 5.74) is 0.0827. The van der Waals surface area contributed by atoms with Crippen molar-refractivity contribution in [1.82, 2.24) is 10.3 Å². The number of amides is 3. The second-order valence-corrected chi connectivity index (χ2v) is 9.58. The quantitative estimate of drug-likeness (QED) is 0.475. The number of carbonyl (C=O) groups is 2. The fraction of sp³-hybridized carbons (Fsp3) is 0. The minimum Gasteiger partial charge on any atom is -0.306 e. The highest BCUT2D eigenvalue weighted by Gasteiger charge is 2.21. The normalized spacial score (nSPS) is 11.1. The number of halogens is 4. The number of nitrogens with zero attached hydrogens (tertiary/aromatic N) is 1. The summed E-state index contributed by atoms with van der Waals surface area (Å²) in [6, 6.07) is 9.96. The van der Waals surface area contributed by atoms with Gasteiger partial charge >= 0.3 is 6.03 Å². The molecule has 160 valence electrons. The summed E-state index contributed by atoms with van der Waals surface area (Å²) in [6.07, 6.45) is 1.12. The number of aromatic nitrogens is 1. The molecule has 0 unspecified atom stereocenters. The molecule has 2 N–H and O–H groups in total. The molecular formula is C19H11Cl4N3O4S. The molecule has 0 radical (unpaired) electrons. The SMILES string of the molecule is O=C(NC(=O)c1c(Cl)cccc1Cl)Nc1ccc(S(=O)(=O)c2cc(Cl)cc(Cl)c2)nc1. The Morgan fingerprint density at radius 1 is 0.871 bits per heavy atom. The molecule has 0 saturated carbocycles. The van der Waals surface area contributed by atoms with Crippen molar-refractivity contribution in [3.8, 4) is 0 Å². The molecule has 0 aliphatic rings. The third-order valence-corrected chi connectivity index (χ3v) is 6.55. The monoisotopic (exact) mass is 517 g/mol. The zero-order valence-electron chi connectivity index (χ0n) is 15.2. The highest BCUT2D eigenvalue weighted by molar-refractivity contribution is 7.91. The van der Waals surface area contributed by atoms with Crippen molar-refractivity contribution < 1.29 is 18.0 Å². The molecule has 3 rings (SSSR count). The topological polar surface area (TPSA) is 105 Å². The number of pyridine rings is 1. The summed E-state index contributed by atoms with van der Waals surface area (Å²) in [6.45, 7) is 0. The molecule has 1 heterocycles. The summed E-state index contributed by atoms with van der Waals surface area (Å²) in [4.78, 5) is 28.1. The average molecular weight is 519 g/mol. The van der Waals surface area contributed by atoms with E-state index in [4.69, 9.17) is 46.4 Å². The number of anilines is 1. The van der Waals surface area contributed by atoms with Crippen LogP contribution in [0.4, 0.5) is 10.5 Å². The van der Waals surface area contributed by atoms with Crippen LogP contribution in [-0.2, 0) is 9.84 Å². The number of hydrogen-bond donors (Lipinski definition) is 2. The van der Waals surface area contributed by atoms with E-state index in [-0.39, 0.29) is 41.3 Å². The maximum absolute atomic E-state index is 12.7. The van der Waals surface area contributed by atoms with Crippen LogP contribution in [0.1, 0.15) is 10.4 Å². The molecule has 0 aliphatic heterocycles. The molecule has 1 aromatic heterocycles. The summed E-state index contributed by atoms with van der Waals surface area (Å²) < 4.78 is 25.4. The lowest BCUT2D eigenvalue weighted by Gasteiger charge is -2.09. The Labute approximate surface area is 197 Å². The Bertz CT molecular complexity index is 1240. The van der Waals surface area contributed by atoms with Crippen molar-refractivity contribution in [1.29, 1.82) is 0 Å².